The van der Waals surface area contributed by atoms with E-state index in [1.54, 1.807) is 49.4 Å². The second kappa shape index (κ2) is 16.1. The lowest BCUT2D eigenvalue weighted by atomic mass is 9.99. The van der Waals surface area contributed by atoms with Crippen LogP contribution < -0.4 is 15.4 Å². The van der Waals surface area contributed by atoms with E-state index in [4.69, 9.17) is 25.9 Å². The molecular formula is C30H30ClN5O9S3. The number of nitrogens with one attached hydrogen (secondary N) is 2. The van der Waals surface area contributed by atoms with Crippen molar-refractivity contribution >= 4 is 77.6 Å². The number of rotatable bonds is 16. The van der Waals surface area contributed by atoms with Gasteiger partial charge in [0.2, 0.25) is 21.2 Å². The minimum Gasteiger partial charge on any atom is -0.497 e. The van der Waals surface area contributed by atoms with Crippen molar-refractivity contribution in [2.75, 3.05) is 25.4 Å². The van der Waals surface area contributed by atoms with Crippen molar-refractivity contribution in [1.29, 1.82) is 0 Å². The number of hydrogen-bond acceptors (Lipinski definition) is 13. The molecule has 48 heavy (non-hydrogen) atoms. The smallest absolute Gasteiger partial charge is 0.333 e. The number of alkyl halides is 1. The minimum absolute atomic E-state index is 0.0135. The van der Waals surface area contributed by atoms with Gasteiger partial charge in [-0.3, -0.25) is 14.4 Å². The number of thiazole rings is 1. The van der Waals surface area contributed by atoms with Crippen LogP contribution in [0, 0.1) is 6.92 Å². The number of amides is 3. The highest BCUT2D eigenvalue weighted by Crippen LogP contribution is 2.40. The van der Waals surface area contributed by atoms with Gasteiger partial charge in [0.05, 0.1) is 12.0 Å². The van der Waals surface area contributed by atoms with E-state index in [2.05, 4.69) is 27.4 Å². The number of oxime groups is 1. The molecule has 2 aromatic carbocycles. The molecule has 2 heterocycles. The van der Waals surface area contributed by atoms with Gasteiger partial charge in [0.15, 0.2) is 16.9 Å². The van der Waals surface area contributed by atoms with E-state index in [1.165, 1.54) is 25.7 Å². The number of halogens is 1. The van der Waals surface area contributed by atoms with Crippen LogP contribution in [0.15, 0.2) is 76.1 Å². The molecule has 3 amide bonds. The molecule has 4 rings (SSSR count). The maximum Gasteiger partial charge on any atom is 0.333 e. The monoisotopic (exact) mass is 735 g/mol. The molecule has 3 atom stereocenters. The Kier molecular flexibility index (Phi) is 12.2. The van der Waals surface area contributed by atoms with Crippen LogP contribution in [0.2, 0.25) is 0 Å². The van der Waals surface area contributed by atoms with Crippen molar-refractivity contribution in [1.82, 2.24) is 15.2 Å². The number of ether oxygens (including phenoxy) is 2. The third-order valence-electron chi connectivity index (χ3n) is 6.88. The molecule has 3 unspecified atom stereocenters. The van der Waals surface area contributed by atoms with Gasteiger partial charge in [0, 0.05) is 22.1 Å². The molecule has 1 aliphatic heterocycles. The Labute approximate surface area is 288 Å². The third kappa shape index (κ3) is 8.15. The molecule has 1 fully saturated rings. The number of carbonyl (C=O) groups excluding carboxylic acids is 4. The highest BCUT2D eigenvalue weighted by molar-refractivity contribution is 8.72. The summed E-state index contributed by atoms with van der Waals surface area (Å²) >= 11 is 7.09. The van der Waals surface area contributed by atoms with Crippen LogP contribution in [0.4, 0.5) is 5.13 Å². The number of methoxy groups -OCH3 is 1. The number of hydrogen-bond donors (Lipinski definition) is 2. The number of anilines is 1. The van der Waals surface area contributed by atoms with Crippen molar-refractivity contribution in [3.63, 3.8) is 0 Å². The molecule has 254 valence electrons. The molecule has 0 aliphatic carbocycles. The number of carbonyl (C=O) groups is 4. The molecule has 3 aromatic rings. The highest BCUT2D eigenvalue weighted by Gasteiger charge is 2.56. The van der Waals surface area contributed by atoms with Crippen LogP contribution in [0.5, 0.6) is 5.75 Å². The van der Waals surface area contributed by atoms with E-state index >= 15 is 0 Å². The van der Waals surface area contributed by atoms with Crippen LogP contribution in [0.1, 0.15) is 16.8 Å². The van der Waals surface area contributed by atoms with Gasteiger partial charge in [0.25, 0.3) is 5.91 Å². The summed E-state index contributed by atoms with van der Waals surface area (Å²) in [4.78, 5) is 61.5. The quantitative estimate of drug-likeness (QED) is 0.0322. The molecular weight excluding hydrogens is 706 g/mol. The minimum atomic E-state index is -4.18. The van der Waals surface area contributed by atoms with E-state index < -0.39 is 44.1 Å². The number of esters is 1. The third-order valence-corrected chi connectivity index (χ3v) is 11.8. The summed E-state index contributed by atoms with van der Waals surface area (Å²) in [7, 11) is -1.11. The van der Waals surface area contributed by atoms with E-state index in [0.717, 1.165) is 16.2 Å². The summed E-state index contributed by atoms with van der Waals surface area (Å²) in [5.41, 5.74) is 0.782. The lowest BCUT2D eigenvalue weighted by Crippen LogP contribution is -2.73. The number of benzene rings is 2. The van der Waals surface area contributed by atoms with Gasteiger partial charge in [-0.05, 0) is 41.8 Å². The van der Waals surface area contributed by atoms with Crippen LogP contribution in [-0.2, 0) is 44.2 Å². The number of aryl methyl sites for hydroxylation is 1. The summed E-state index contributed by atoms with van der Waals surface area (Å²) in [5.74, 6) is -2.33. The maximum absolute atomic E-state index is 13.8. The molecule has 0 radical (unpaired) electrons. The topological polar surface area (TPSA) is 183 Å². The lowest BCUT2D eigenvalue weighted by molar-refractivity contribution is -0.163. The van der Waals surface area contributed by atoms with E-state index in [9.17, 15) is 27.6 Å². The van der Waals surface area contributed by atoms with Crippen molar-refractivity contribution < 1.29 is 41.9 Å². The Bertz CT molecular complexity index is 1830. The fraction of sp³-hybridized carbons (Fsp3) is 0.267. The second-order valence-electron chi connectivity index (χ2n) is 9.98. The SMILES string of the molecule is C=C(CCl)C(C(=O)OCc1ccc(OC)cc1)N1C(=O)C(NC(=O)/C(=N\OC)c2csc(NC=O)n2)C1SS(=O)(=O)c1ccccc1C. The number of likely N-dealkylation sites (tertiary alicyclic amines) is 1. The predicted molar refractivity (Wildman–Crippen MR) is 180 cm³/mol. The van der Waals surface area contributed by atoms with Gasteiger partial charge in [-0.2, -0.15) is 0 Å². The zero-order valence-electron chi connectivity index (χ0n) is 25.7. The molecule has 1 aromatic heterocycles. The largest absolute Gasteiger partial charge is 0.497 e. The van der Waals surface area contributed by atoms with Crippen LogP contribution in [0.25, 0.3) is 0 Å². The average Bonchev–Trinajstić information content (AvgIpc) is 3.54. The van der Waals surface area contributed by atoms with Crippen molar-refractivity contribution in [3.05, 3.63) is 82.9 Å². The Morgan fingerprint density at radius 2 is 1.92 bits per heavy atom. The number of nitrogens with zero attached hydrogens (tertiary/aromatic N) is 3. The van der Waals surface area contributed by atoms with Gasteiger partial charge in [0.1, 0.15) is 36.6 Å². The zero-order valence-corrected chi connectivity index (χ0v) is 29.0. The first kappa shape index (κ1) is 36.4. The van der Waals surface area contributed by atoms with E-state index in [0.29, 0.717) is 34.1 Å². The molecule has 0 saturated carbocycles. The van der Waals surface area contributed by atoms with Crippen molar-refractivity contribution in [3.8, 4) is 5.75 Å². The first-order chi connectivity index (χ1) is 22.9. The number of aromatic nitrogens is 1. The summed E-state index contributed by atoms with van der Waals surface area (Å²) < 4.78 is 38.1. The predicted octanol–water partition coefficient (Wildman–Crippen LogP) is 3.06. The summed E-state index contributed by atoms with van der Waals surface area (Å²) in [6.07, 6.45) is 0.404. The Balaban J connectivity index is 1.66. The highest BCUT2D eigenvalue weighted by atomic mass is 35.5. The Hall–Kier alpha value is -4.45. The summed E-state index contributed by atoms with van der Waals surface area (Å²) in [5, 5.41) is 8.81. The standard InChI is InChI=1S/C30H30ClN5O9S3/c1-17-7-5-6-8-22(17)48(41,42)47-28-24(34-26(38)23(35-44-4)21-15-46-30(33-21)32-16-37)27(39)36(28)25(18(2)13-31)29(40)45-14-19-9-11-20(43-3)12-10-19/h5-12,15-16,24-25,28H,2,13-14H2,1,3-4H3,(H,34,38)(H,32,33,37)/b35-23-. The maximum atomic E-state index is 13.8. The van der Waals surface area contributed by atoms with Gasteiger partial charge >= 0.3 is 5.97 Å². The lowest BCUT2D eigenvalue weighted by Gasteiger charge is -2.49. The molecule has 0 bridgehead atoms. The van der Waals surface area contributed by atoms with Crippen LogP contribution in [-0.4, -0.2) is 85.8 Å². The fourth-order valence-electron chi connectivity index (χ4n) is 4.52. The zero-order chi connectivity index (χ0) is 35.0. The first-order valence-corrected chi connectivity index (χ1v) is 18.2. The molecule has 0 spiro atoms. The van der Waals surface area contributed by atoms with Gasteiger partial charge in [-0.1, -0.05) is 42.1 Å². The molecule has 14 nitrogen and oxygen atoms in total. The normalized spacial score (nSPS) is 16.7. The van der Waals surface area contributed by atoms with Crippen molar-refractivity contribution in [2.45, 2.75) is 35.9 Å². The van der Waals surface area contributed by atoms with E-state index in [1.807, 2.05) is 0 Å². The second-order valence-corrected chi connectivity index (χ2v) is 15.0. The first-order valence-electron chi connectivity index (χ1n) is 13.9. The Morgan fingerprint density at radius 1 is 1.21 bits per heavy atom. The molecule has 1 saturated heterocycles. The Morgan fingerprint density at radius 3 is 2.54 bits per heavy atom. The van der Waals surface area contributed by atoms with Gasteiger partial charge in [-0.15, -0.1) is 22.9 Å². The molecule has 2 N–H and O–H groups in total. The fourth-order valence-corrected chi connectivity index (χ4v) is 9.27. The van der Waals surface area contributed by atoms with Gasteiger partial charge in [-0.25, -0.2) is 18.2 Å². The van der Waals surface area contributed by atoms with Gasteiger partial charge < -0.3 is 29.8 Å². The molecule has 1 aliphatic rings. The van der Waals surface area contributed by atoms with Crippen molar-refractivity contribution in [2.24, 2.45) is 5.16 Å². The summed E-state index contributed by atoms with van der Waals surface area (Å²) in [6, 6.07) is 10.0. The van der Waals surface area contributed by atoms with Crippen LogP contribution >= 0.6 is 33.7 Å². The van der Waals surface area contributed by atoms with Crippen LogP contribution in [0.3, 0.4) is 0 Å². The summed E-state index contributed by atoms with van der Waals surface area (Å²) in [6.45, 7) is 5.28. The molecule has 18 heteroatoms. The van der Waals surface area contributed by atoms with E-state index in [-0.39, 0.29) is 39.5 Å². The average molecular weight is 736 g/mol. The number of β-lactam (4-membered cyclic amide) rings is 1.